The molecule has 0 aromatic heterocycles. The van der Waals surface area contributed by atoms with Gasteiger partial charge in [0.25, 0.3) is 0 Å². The van der Waals surface area contributed by atoms with Crippen LogP contribution in [-0.4, -0.2) is 0 Å². The van der Waals surface area contributed by atoms with E-state index in [0.717, 1.165) is 0 Å². The molecule has 0 bridgehead atoms. The smallest absolute Gasteiger partial charge is 0.00206 e. The van der Waals surface area contributed by atoms with E-state index in [4.69, 9.17) is 0 Å². The molecular weight excluding hydrogens is 408 g/mol. The molecule has 0 radical (unpaired) electrons. The molecule has 0 unspecified atom stereocenters. The van der Waals surface area contributed by atoms with Crippen molar-refractivity contribution in [2.75, 3.05) is 0 Å². The van der Waals surface area contributed by atoms with E-state index < -0.39 is 0 Å². The first-order valence-electron chi connectivity index (χ1n) is 11.8. The van der Waals surface area contributed by atoms with E-state index in [1.54, 1.807) is 0 Å². The van der Waals surface area contributed by atoms with E-state index in [1.165, 1.54) is 65.3 Å². The Bertz CT molecular complexity index is 1850. The standard InChI is InChI=1S/C34H22/c1-2-11-26-21-29-22-28(17-16-27(29)20-25(26)10-1)32-19-18-24-9-4-6-14-31(24)34(32)33-15-7-12-23-8-3-5-13-30(23)33/h1-22H. The Kier molecular flexibility index (Phi) is 4.25. The predicted molar refractivity (Wildman–Crippen MR) is 147 cm³/mol. The lowest BCUT2D eigenvalue weighted by Gasteiger charge is -2.17. The molecular formula is C34H22. The van der Waals surface area contributed by atoms with Crippen molar-refractivity contribution >= 4 is 43.1 Å². The van der Waals surface area contributed by atoms with Crippen molar-refractivity contribution in [1.82, 2.24) is 0 Å². The van der Waals surface area contributed by atoms with Crippen LogP contribution in [0.5, 0.6) is 0 Å². The minimum atomic E-state index is 1.25. The fourth-order valence-electron chi connectivity index (χ4n) is 5.35. The van der Waals surface area contributed by atoms with Gasteiger partial charge in [0.05, 0.1) is 0 Å². The summed E-state index contributed by atoms with van der Waals surface area (Å²) in [5, 5.41) is 10.2. The molecule has 0 heteroatoms. The summed E-state index contributed by atoms with van der Waals surface area (Å²) in [4.78, 5) is 0. The minimum Gasteiger partial charge on any atom is -0.0616 e. The lowest BCUT2D eigenvalue weighted by Crippen LogP contribution is -1.90. The Balaban J connectivity index is 1.55. The van der Waals surface area contributed by atoms with E-state index >= 15 is 0 Å². The number of hydrogen-bond acceptors (Lipinski definition) is 0. The molecule has 0 saturated carbocycles. The third kappa shape index (κ3) is 3.00. The van der Waals surface area contributed by atoms with Crippen LogP contribution in [0.1, 0.15) is 0 Å². The predicted octanol–water partition coefficient (Wildman–Crippen LogP) is 9.63. The zero-order valence-electron chi connectivity index (χ0n) is 18.7. The summed E-state index contributed by atoms with van der Waals surface area (Å²) in [6.45, 7) is 0. The van der Waals surface area contributed by atoms with Crippen LogP contribution in [0.4, 0.5) is 0 Å². The molecule has 7 aromatic carbocycles. The van der Waals surface area contributed by atoms with Crippen molar-refractivity contribution in [3.8, 4) is 22.3 Å². The lowest BCUT2D eigenvalue weighted by molar-refractivity contribution is 1.65. The molecule has 0 atom stereocenters. The Morgan fingerprint density at radius 3 is 1.65 bits per heavy atom. The van der Waals surface area contributed by atoms with Crippen LogP contribution in [0.2, 0.25) is 0 Å². The molecule has 0 aliphatic carbocycles. The quantitative estimate of drug-likeness (QED) is 0.239. The van der Waals surface area contributed by atoms with Crippen LogP contribution < -0.4 is 0 Å². The van der Waals surface area contributed by atoms with Gasteiger partial charge in [-0.1, -0.05) is 115 Å². The maximum absolute atomic E-state index is 2.35. The first-order chi connectivity index (χ1) is 16.8. The summed E-state index contributed by atoms with van der Waals surface area (Å²) in [5.41, 5.74) is 5.10. The van der Waals surface area contributed by atoms with Crippen LogP contribution in [0.15, 0.2) is 133 Å². The van der Waals surface area contributed by atoms with Gasteiger partial charge in [-0.25, -0.2) is 0 Å². The fraction of sp³-hybridized carbons (Fsp3) is 0. The average Bonchev–Trinajstić information content (AvgIpc) is 2.90. The highest BCUT2D eigenvalue weighted by molar-refractivity contribution is 6.11. The van der Waals surface area contributed by atoms with Crippen molar-refractivity contribution in [3.05, 3.63) is 133 Å². The van der Waals surface area contributed by atoms with Gasteiger partial charge < -0.3 is 0 Å². The van der Waals surface area contributed by atoms with Gasteiger partial charge in [-0.2, -0.15) is 0 Å². The van der Waals surface area contributed by atoms with Crippen molar-refractivity contribution in [2.45, 2.75) is 0 Å². The molecule has 158 valence electrons. The lowest BCUT2D eigenvalue weighted by atomic mass is 9.87. The zero-order chi connectivity index (χ0) is 22.5. The van der Waals surface area contributed by atoms with Gasteiger partial charge in [-0.15, -0.1) is 0 Å². The highest BCUT2D eigenvalue weighted by atomic mass is 14.2. The zero-order valence-corrected chi connectivity index (χ0v) is 18.7. The van der Waals surface area contributed by atoms with Crippen molar-refractivity contribution in [3.63, 3.8) is 0 Å². The molecule has 0 aliphatic rings. The monoisotopic (exact) mass is 430 g/mol. The van der Waals surface area contributed by atoms with Gasteiger partial charge in [0, 0.05) is 0 Å². The van der Waals surface area contributed by atoms with Crippen molar-refractivity contribution < 1.29 is 0 Å². The number of hydrogen-bond donors (Lipinski definition) is 0. The van der Waals surface area contributed by atoms with Gasteiger partial charge in [0.2, 0.25) is 0 Å². The second kappa shape index (κ2) is 7.57. The van der Waals surface area contributed by atoms with Gasteiger partial charge >= 0.3 is 0 Å². The van der Waals surface area contributed by atoms with Crippen LogP contribution in [0.3, 0.4) is 0 Å². The highest BCUT2D eigenvalue weighted by Gasteiger charge is 2.14. The van der Waals surface area contributed by atoms with Gasteiger partial charge in [-0.05, 0) is 83.5 Å². The van der Waals surface area contributed by atoms with Crippen LogP contribution in [-0.2, 0) is 0 Å². The maximum atomic E-state index is 2.35. The van der Waals surface area contributed by atoms with Gasteiger partial charge in [-0.3, -0.25) is 0 Å². The summed E-state index contributed by atoms with van der Waals surface area (Å²) in [7, 11) is 0. The topological polar surface area (TPSA) is 0 Å². The van der Waals surface area contributed by atoms with Crippen molar-refractivity contribution in [2.24, 2.45) is 0 Å². The van der Waals surface area contributed by atoms with Crippen LogP contribution >= 0.6 is 0 Å². The Hall–Kier alpha value is -4.42. The highest BCUT2D eigenvalue weighted by Crippen LogP contribution is 2.41. The summed E-state index contributed by atoms with van der Waals surface area (Å²) in [6, 6.07) is 48.7. The summed E-state index contributed by atoms with van der Waals surface area (Å²) in [5.74, 6) is 0. The first kappa shape index (κ1) is 19.1. The molecule has 0 heterocycles. The van der Waals surface area contributed by atoms with E-state index in [2.05, 4.69) is 133 Å². The van der Waals surface area contributed by atoms with Crippen LogP contribution in [0.25, 0.3) is 65.3 Å². The minimum absolute atomic E-state index is 1.25. The number of rotatable bonds is 2. The number of benzene rings is 7. The molecule has 0 nitrogen and oxygen atoms in total. The van der Waals surface area contributed by atoms with E-state index in [1.807, 2.05) is 0 Å². The third-order valence-corrected chi connectivity index (χ3v) is 7.00. The molecule has 0 N–H and O–H groups in total. The van der Waals surface area contributed by atoms with Gasteiger partial charge in [0.15, 0.2) is 0 Å². The maximum Gasteiger partial charge on any atom is -0.00206 e. The fourth-order valence-corrected chi connectivity index (χ4v) is 5.35. The van der Waals surface area contributed by atoms with Crippen molar-refractivity contribution in [1.29, 1.82) is 0 Å². The summed E-state index contributed by atoms with van der Waals surface area (Å²) in [6.07, 6.45) is 0. The molecule has 7 rings (SSSR count). The second-order valence-corrected chi connectivity index (χ2v) is 9.00. The summed E-state index contributed by atoms with van der Waals surface area (Å²) >= 11 is 0. The largest absolute Gasteiger partial charge is 0.0616 e. The molecule has 34 heavy (non-hydrogen) atoms. The van der Waals surface area contributed by atoms with E-state index in [9.17, 15) is 0 Å². The molecule has 0 amide bonds. The van der Waals surface area contributed by atoms with E-state index in [-0.39, 0.29) is 0 Å². The molecule has 7 aromatic rings. The Morgan fingerprint density at radius 2 is 0.853 bits per heavy atom. The Morgan fingerprint density at radius 1 is 0.294 bits per heavy atom. The van der Waals surface area contributed by atoms with Gasteiger partial charge in [0.1, 0.15) is 0 Å². The molecule has 0 aliphatic heterocycles. The molecule has 0 fully saturated rings. The Labute approximate surface area is 198 Å². The third-order valence-electron chi connectivity index (χ3n) is 7.00. The first-order valence-corrected chi connectivity index (χ1v) is 11.8. The second-order valence-electron chi connectivity index (χ2n) is 9.00. The molecule has 0 spiro atoms. The number of fused-ring (bicyclic) bond motifs is 4. The SMILES string of the molecule is c1ccc2cc3cc(-c4ccc5ccccc5c4-c4cccc5ccccc45)ccc3cc2c1. The molecule has 0 saturated heterocycles. The van der Waals surface area contributed by atoms with E-state index in [0.29, 0.717) is 0 Å². The average molecular weight is 431 g/mol. The summed E-state index contributed by atoms with van der Waals surface area (Å²) < 4.78 is 0. The normalized spacial score (nSPS) is 11.5. The van der Waals surface area contributed by atoms with Crippen LogP contribution in [0, 0.1) is 0 Å².